The van der Waals surface area contributed by atoms with Gasteiger partial charge in [-0.25, -0.2) is 0 Å². The van der Waals surface area contributed by atoms with Crippen LogP contribution >= 0.6 is 0 Å². The van der Waals surface area contributed by atoms with E-state index in [-0.39, 0.29) is 0 Å². The molecule has 0 heteroatoms. The first-order chi connectivity index (χ1) is 10.7. The third-order valence-corrected chi connectivity index (χ3v) is 4.18. The molecule has 0 fully saturated rings. The largest absolute Gasteiger partial charge is 0.0651 e. The summed E-state index contributed by atoms with van der Waals surface area (Å²) in [5, 5.41) is 0. The first-order valence-electron chi connectivity index (χ1n) is 8.52. The van der Waals surface area contributed by atoms with Gasteiger partial charge in [0.25, 0.3) is 0 Å². The molecule has 0 unspecified atom stereocenters. The van der Waals surface area contributed by atoms with Crippen LogP contribution in [-0.2, 0) is 0 Å². The number of hydrogen-bond donors (Lipinski definition) is 0. The summed E-state index contributed by atoms with van der Waals surface area (Å²) in [5.41, 5.74) is 8.53. The first kappa shape index (κ1) is 16.5. The highest BCUT2D eigenvalue weighted by molar-refractivity contribution is 5.83. The molecule has 22 heavy (non-hydrogen) atoms. The molecule has 0 saturated carbocycles. The van der Waals surface area contributed by atoms with Crippen LogP contribution in [0.5, 0.6) is 0 Å². The predicted octanol–water partition coefficient (Wildman–Crippen LogP) is 6.71. The smallest absolute Gasteiger partial charge is 0.0117 e. The van der Waals surface area contributed by atoms with E-state index in [0.29, 0.717) is 0 Å². The minimum Gasteiger partial charge on any atom is -0.0651 e. The monoisotopic (exact) mass is 292 g/mol. The Morgan fingerprint density at radius 2 is 1.45 bits per heavy atom. The summed E-state index contributed by atoms with van der Waals surface area (Å²) in [6, 6.07) is 17.7. The van der Waals surface area contributed by atoms with Crippen LogP contribution in [0.1, 0.15) is 61.8 Å². The van der Waals surface area contributed by atoms with E-state index in [2.05, 4.69) is 76.2 Å². The van der Waals surface area contributed by atoms with Crippen molar-refractivity contribution in [3.05, 3.63) is 76.4 Å². The Bertz CT molecular complexity index is 624. The molecule has 0 saturated heterocycles. The van der Waals surface area contributed by atoms with Gasteiger partial charge in [0, 0.05) is 0 Å². The lowest BCUT2D eigenvalue weighted by molar-refractivity contribution is 0.806. The summed E-state index contributed by atoms with van der Waals surface area (Å²) >= 11 is 0. The van der Waals surface area contributed by atoms with E-state index >= 15 is 0 Å². The molecule has 0 bridgehead atoms. The molecule has 0 aliphatic carbocycles. The minimum absolute atomic E-state index is 1.19. The number of rotatable bonds is 6. The molecule has 0 amide bonds. The van der Waals surface area contributed by atoms with Crippen LogP contribution in [0.2, 0.25) is 0 Å². The summed E-state index contributed by atoms with van der Waals surface area (Å²) in [6.07, 6.45) is 4.78. The van der Waals surface area contributed by atoms with Crippen LogP contribution in [0.3, 0.4) is 0 Å². The van der Waals surface area contributed by atoms with Crippen LogP contribution in [0.15, 0.2) is 54.1 Å². The zero-order chi connectivity index (χ0) is 15.9. The SMILES string of the molecule is CCCC(CCC)=C(c1ccccc1)c1cc(C)ccc1C. The summed E-state index contributed by atoms with van der Waals surface area (Å²) in [5.74, 6) is 0. The average molecular weight is 292 g/mol. The van der Waals surface area contributed by atoms with Crippen LogP contribution in [0.4, 0.5) is 0 Å². The van der Waals surface area contributed by atoms with Crippen molar-refractivity contribution in [3.63, 3.8) is 0 Å². The molecular formula is C22H28. The minimum atomic E-state index is 1.19. The fourth-order valence-electron chi connectivity index (χ4n) is 3.14. The van der Waals surface area contributed by atoms with Crippen LogP contribution in [0.25, 0.3) is 5.57 Å². The average Bonchev–Trinajstić information content (AvgIpc) is 2.52. The maximum atomic E-state index is 2.35. The first-order valence-corrected chi connectivity index (χ1v) is 8.52. The number of allylic oxidation sites excluding steroid dienone is 1. The standard InChI is InChI=1S/C22H28/c1-5-10-19(11-6-2)22(20-12-8-7-9-13-20)21-16-17(3)14-15-18(21)4/h7-9,12-16H,5-6,10-11H2,1-4H3. The molecule has 0 aliphatic rings. The van der Waals surface area contributed by atoms with Crippen molar-refractivity contribution in [2.45, 2.75) is 53.4 Å². The van der Waals surface area contributed by atoms with Crippen molar-refractivity contribution >= 4 is 5.57 Å². The Morgan fingerprint density at radius 3 is 2.05 bits per heavy atom. The molecule has 2 aromatic carbocycles. The van der Waals surface area contributed by atoms with Crippen molar-refractivity contribution in [1.29, 1.82) is 0 Å². The second-order valence-corrected chi connectivity index (χ2v) is 6.16. The molecule has 116 valence electrons. The summed E-state index contributed by atoms with van der Waals surface area (Å²) < 4.78 is 0. The van der Waals surface area contributed by atoms with Crippen LogP contribution < -0.4 is 0 Å². The molecule has 2 rings (SSSR count). The third kappa shape index (κ3) is 3.88. The Balaban J connectivity index is 2.69. The van der Waals surface area contributed by atoms with Crippen LogP contribution in [0, 0.1) is 13.8 Å². The second kappa shape index (κ2) is 7.98. The van der Waals surface area contributed by atoms with Crippen molar-refractivity contribution in [1.82, 2.24) is 0 Å². The highest BCUT2D eigenvalue weighted by atomic mass is 14.2. The third-order valence-electron chi connectivity index (χ3n) is 4.18. The topological polar surface area (TPSA) is 0 Å². The van der Waals surface area contributed by atoms with E-state index in [1.807, 2.05) is 0 Å². The number of hydrogen-bond acceptors (Lipinski definition) is 0. The summed E-state index contributed by atoms with van der Waals surface area (Å²) in [7, 11) is 0. The Morgan fingerprint density at radius 1 is 0.818 bits per heavy atom. The molecular weight excluding hydrogens is 264 g/mol. The zero-order valence-corrected chi connectivity index (χ0v) is 14.4. The number of aryl methyl sites for hydroxylation is 2. The van der Waals surface area contributed by atoms with E-state index < -0.39 is 0 Å². The van der Waals surface area contributed by atoms with Gasteiger partial charge < -0.3 is 0 Å². The molecule has 0 heterocycles. The van der Waals surface area contributed by atoms with E-state index in [0.717, 1.165) is 0 Å². The maximum absolute atomic E-state index is 2.35. The highest BCUT2D eigenvalue weighted by Gasteiger charge is 2.13. The zero-order valence-electron chi connectivity index (χ0n) is 14.4. The van der Waals surface area contributed by atoms with E-state index in [1.165, 1.54) is 53.5 Å². The van der Waals surface area contributed by atoms with Gasteiger partial charge in [0.1, 0.15) is 0 Å². The molecule has 0 spiro atoms. The van der Waals surface area contributed by atoms with Crippen molar-refractivity contribution in [2.24, 2.45) is 0 Å². The molecule has 0 nitrogen and oxygen atoms in total. The molecule has 0 N–H and O–H groups in total. The van der Waals surface area contributed by atoms with Crippen molar-refractivity contribution in [3.8, 4) is 0 Å². The normalized spacial score (nSPS) is 10.5. The van der Waals surface area contributed by atoms with Crippen molar-refractivity contribution < 1.29 is 0 Å². The summed E-state index contributed by atoms with van der Waals surface area (Å²) in [6.45, 7) is 8.97. The fraction of sp³-hybridized carbons (Fsp3) is 0.364. The molecule has 0 radical (unpaired) electrons. The van der Waals surface area contributed by atoms with Gasteiger partial charge in [-0.1, -0.05) is 86.4 Å². The molecule has 0 atom stereocenters. The van der Waals surface area contributed by atoms with Gasteiger partial charge in [-0.2, -0.15) is 0 Å². The molecule has 0 aromatic heterocycles. The Kier molecular flexibility index (Phi) is 6.00. The van der Waals surface area contributed by atoms with Gasteiger partial charge in [-0.15, -0.1) is 0 Å². The molecule has 0 aliphatic heterocycles. The Labute approximate surface area is 135 Å². The quantitative estimate of drug-likeness (QED) is 0.555. The van der Waals surface area contributed by atoms with E-state index in [4.69, 9.17) is 0 Å². The van der Waals surface area contributed by atoms with Gasteiger partial charge >= 0.3 is 0 Å². The Hall–Kier alpha value is -1.82. The lowest BCUT2D eigenvalue weighted by Gasteiger charge is -2.18. The second-order valence-electron chi connectivity index (χ2n) is 6.16. The maximum Gasteiger partial charge on any atom is -0.0117 e. The van der Waals surface area contributed by atoms with Gasteiger partial charge in [0.15, 0.2) is 0 Å². The van der Waals surface area contributed by atoms with Gasteiger partial charge in [0.2, 0.25) is 0 Å². The molecule has 2 aromatic rings. The van der Waals surface area contributed by atoms with Gasteiger partial charge in [0.05, 0.1) is 0 Å². The van der Waals surface area contributed by atoms with Crippen molar-refractivity contribution in [2.75, 3.05) is 0 Å². The highest BCUT2D eigenvalue weighted by Crippen LogP contribution is 2.33. The van der Waals surface area contributed by atoms with Gasteiger partial charge in [-0.05, 0) is 49.0 Å². The van der Waals surface area contributed by atoms with Crippen LogP contribution in [-0.4, -0.2) is 0 Å². The summed E-state index contributed by atoms with van der Waals surface area (Å²) in [4.78, 5) is 0. The van der Waals surface area contributed by atoms with E-state index in [9.17, 15) is 0 Å². The lowest BCUT2D eigenvalue weighted by Crippen LogP contribution is -1.98. The van der Waals surface area contributed by atoms with Gasteiger partial charge in [-0.3, -0.25) is 0 Å². The lowest BCUT2D eigenvalue weighted by atomic mass is 9.86. The number of benzene rings is 2. The predicted molar refractivity (Wildman–Crippen MR) is 98.2 cm³/mol. The fourth-order valence-corrected chi connectivity index (χ4v) is 3.14. The van der Waals surface area contributed by atoms with E-state index in [1.54, 1.807) is 5.57 Å².